The zero-order chi connectivity index (χ0) is 30.9. The largest absolute Gasteiger partial charge is 0.494 e. The summed E-state index contributed by atoms with van der Waals surface area (Å²) in [6, 6.07) is 11.1. The van der Waals surface area contributed by atoms with E-state index in [1.807, 2.05) is 0 Å². The molecule has 0 atom stereocenters. The maximum Gasteiger partial charge on any atom is 0.330 e. The van der Waals surface area contributed by atoms with Crippen LogP contribution in [0.1, 0.15) is 74.6 Å². The first-order valence-electron chi connectivity index (χ1n) is 14.6. The van der Waals surface area contributed by atoms with Crippen LogP contribution in [0.5, 0.6) is 23.0 Å². The monoisotopic (exact) mass is 594 g/mol. The van der Waals surface area contributed by atoms with Gasteiger partial charge in [0.25, 0.3) is 6.47 Å². The molecule has 1 aliphatic rings. The van der Waals surface area contributed by atoms with Gasteiger partial charge in [-0.2, -0.15) is 0 Å². The van der Waals surface area contributed by atoms with E-state index in [1.165, 1.54) is 24.3 Å². The van der Waals surface area contributed by atoms with E-state index in [4.69, 9.17) is 23.7 Å². The Hall–Kier alpha value is -4.47. The van der Waals surface area contributed by atoms with Crippen molar-refractivity contribution >= 4 is 30.7 Å². The number of esters is 3. The molecule has 0 amide bonds. The average molecular weight is 595 g/mol. The third kappa shape index (κ3) is 11.4. The van der Waals surface area contributed by atoms with Gasteiger partial charge >= 0.3 is 17.9 Å². The van der Waals surface area contributed by atoms with Crippen LogP contribution in [0.2, 0.25) is 0 Å². The lowest BCUT2D eigenvalue weighted by Crippen LogP contribution is -2.30. The highest BCUT2D eigenvalue weighted by molar-refractivity contribution is 5.84. The molecule has 0 spiro atoms. The van der Waals surface area contributed by atoms with Gasteiger partial charge in [0.1, 0.15) is 23.0 Å². The van der Waals surface area contributed by atoms with Gasteiger partial charge in [0.2, 0.25) is 0 Å². The summed E-state index contributed by atoms with van der Waals surface area (Å²) >= 11 is 0. The molecule has 0 saturated heterocycles. The predicted octanol–water partition coefficient (Wildman–Crippen LogP) is 5.80. The summed E-state index contributed by atoms with van der Waals surface area (Å²) in [7, 11) is 0. The summed E-state index contributed by atoms with van der Waals surface area (Å²) in [5.41, 5.74) is 0.0929. The highest BCUT2D eigenvalue weighted by atomic mass is 16.5. The summed E-state index contributed by atoms with van der Waals surface area (Å²) in [6.07, 6.45) is 9.58. The molecule has 0 bridgehead atoms. The van der Waals surface area contributed by atoms with Crippen LogP contribution < -0.4 is 18.9 Å². The third-order valence-electron chi connectivity index (χ3n) is 7.16. The van der Waals surface area contributed by atoms with Gasteiger partial charge in [-0.1, -0.05) is 32.3 Å². The van der Waals surface area contributed by atoms with Gasteiger partial charge in [-0.3, -0.25) is 19.2 Å². The molecule has 0 unspecified atom stereocenters. The van der Waals surface area contributed by atoms with Crippen molar-refractivity contribution in [3.63, 3.8) is 0 Å². The molecule has 1 saturated carbocycles. The van der Waals surface area contributed by atoms with Crippen LogP contribution in [0.3, 0.4) is 0 Å². The zero-order valence-corrected chi connectivity index (χ0v) is 24.2. The van der Waals surface area contributed by atoms with Crippen molar-refractivity contribution < 1.29 is 47.7 Å². The topological polar surface area (TPSA) is 132 Å². The molecule has 0 aromatic heterocycles. The van der Waals surface area contributed by atoms with E-state index in [0.717, 1.165) is 38.5 Å². The van der Waals surface area contributed by atoms with E-state index in [2.05, 4.69) is 6.58 Å². The van der Waals surface area contributed by atoms with Crippen molar-refractivity contribution in [1.82, 2.24) is 0 Å². The Kier molecular flexibility index (Phi) is 13.9. The minimum Gasteiger partial charge on any atom is -0.494 e. The summed E-state index contributed by atoms with van der Waals surface area (Å²) in [6.45, 7) is 4.63. The van der Waals surface area contributed by atoms with Gasteiger partial charge in [-0.15, -0.1) is 0 Å². The average Bonchev–Trinajstić information content (AvgIpc) is 3.03. The number of carbonyl (C=O) groups is 5. The van der Waals surface area contributed by atoms with E-state index >= 15 is 0 Å². The van der Waals surface area contributed by atoms with E-state index in [9.17, 15) is 24.0 Å². The fraction of sp³-hybridized carbons (Fsp3) is 0.424. The minimum absolute atomic E-state index is 0.0876. The second kappa shape index (κ2) is 18.1. The second-order valence-corrected chi connectivity index (χ2v) is 10.2. The van der Waals surface area contributed by atoms with Crippen molar-refractivity contribution in [1.29, 1.82) is 0 Å². The summed E-state index contributed by atoms with van der Waals surface area (Å²) in [5.74, 6) is -0.537. The predicted molar refractivity (Wildman–Crippen MR) is 156 cm³/mol. The Balaban J connectivity index is 1.31. The van der Waals surface area contributed by atoms with Gasteiger partial charge in [0.15, 0.2) is 6.29 Å². The highest BCUT2D eigenvalue weighted by Gasteiger charge is 2.32. The summed E-state index contributed by atoms with van der Waals surface area (Å²) < 4.78 is 26.4. The van der Waals surface area contributed by atoms with Crippen molar-refractivity contribution in [2.24, 2.45) is 11.8 Å². The highest BCUT2D eigenvalue weighted by Crippen LogP contribution is 2.32. The first-order valence-corrected chi connectivity index (χ1v) is 14.6. The molecule has 0 heterocycles. The Bertz CT molecular complexity index is 1230. The molecular formula is C33H38O10. The fourth-order valence-electron chi connectivity index (χ4n) is 4.73. The summed E-state index contributed by atoms with van der Waals surface area (Å²) in [5, 5.41) is 0. The van der Waals surface area contributed by atoms with Crippen LogP contribution in [0, 0.1) is 11.8 Å². The molecule has 0 N–H and O–H groups in total. The molecule has 2 aromatic rings. The van der Waals surface area contributed by atoms with Crippen molar-refractivity contribution in [3.8, 4) is 23.0 Å². The molecule has 2 aromatic carbocycles. The van der Waals surface area contributed by atoms with Crippen LogP contribution in [0.15, 0.2) is 55.1 Å². The number of hydrogen-bond donors (Lipinski definition) is 0. The van der Waals surface area contributed by atoms with E-state index < -0.39 is 11.9 Å². The third-order valence-corrected chi connectivity index (χ3v) is 7.16. The molecule has 1 fully saturated rings. The first kappa shape index (κ1) is 33.0. The Labute approximate surface area is 251 Å². The number of benzene rings is 2. The molecule has 3 rings (SSSR count). The molecule has 0 radical (unpaired) electrons. The molecule has 43 heavy (non-hydrogen) atoms. The number of rotatable bonds is 18. The van der Waals surface area contributed by atoms with Gasteiger partial charge in [-0.25, -0.2) is 4.79 Å². The zero-order valence-electron chi connectivity index (χ0n) is 24.2. The van der Waals surface area contributed by atoms with Gasteiger partial charge in [0.05, 0.1) is 30.6 Å². The van der Waals surface area contributed by atoms with Crippen LogP contribution in [0.25, 0.3) is 0 Å². The van der Waals surface area contributed by atoms with Crippen LogP contribution in [0.4, 0.5) is 0 Å². The SMILES string of the molecule is C=CC(=O)OCCCCCCCCOc1ccc(OC(=O)C2CCC(C(=O)Oc3ccc(OC=O)cc3C=O)CC2)cc1. The Morgan fingerprint density at radius 3 is 1.88 bits per heavy atom. The van der Waals surface area contributed by atoms with Gasteiger partial charge < -0.3 is 23.7 Å². The fourth-order valence-corrected chi connectivity index (χ4v) is 4.73. The van der Waals surface area contributed by atoms with Crippen molar-refractivity contribution in [2.45, 2.75) is 64.2 Å². The Morgan fingerprint density at radius 1 is 0.721 bits per heavy atom. The quantitative estimate of drug-likeness (QED) is 0.0686. The smallest absolute Gasteiger partial charge is 0.330 e. The number of hydrogen-bond acceptors (Lipinski definition) is 10. The summed E-state index contributed by atoms with van der Waals surface area (Å²) in [4.78, 5) is 58.2. The number of aldehydes is 1. The number of carbonyl (C=O) groups excluding carboxylic acids is 5. The molecular weight excluding hydrogens is 556 g/mol. The maximum absolute atomic E-state index is 12.7. The lowest BCUT2D eigenvalue weighted by molar-refractivity contribution is -0.145. The Morgan fingerprint density at radius 2 is 1.28 bits per heavy atom. The van der Waals surface area contributed by atoms with Gasteiger partial charge in [-0.05, 0) is 81.0 Å². The van der Waals surface area contributed by atoms with E-state index in [0.29, 0.717) is 56.7 Å². The second-order valence-electron chi connectivity index (χ2n) is 10.2. The molecule has 1 aliphatic carbocycles. The minimum atomic E-state index is -0.474. The molecule has 10 heteroatoms. The normalized spacial score (nSPS) is 15.9. The molecule has 10 nitrogen and oxygen atoms in total. The van der Waals surface area contributed by atoms with Crippen LogP contribution >= 0.6 is 0 Å². The lowest BCUT2D eigenvalue weighted by atomic mass is 9.82. The van der Waals surface area contributed by atoms with E-state index in [-0.39, 0.29) is 41.4 Å². The lowest BCUT2D eigenvalue weighted by Gasteiger charge is -2.26. The van der Waals surface area contributed by atoms with Gasteiger partial charge in [0, 0.05) is 6.08 Å². The van der Waals surface area contributed by atoms with E-state index in [1.54, 1.807) is 24.3 Å². The molecule has 0 aliphatic heterocycles. The van der Waals surface area contributed by atoms with Crippen LogP contribution in [-0.4, -0.2) is 43.9 Å². The number of unbranched alkanes of at least 4 members (excludes halogenated alkanes) is 5. The number of ether oxygens (including phenoxy) is 5. The maximum atomic E-state index is 12.7. The van der Waals surface area contributed by atoms with Crippen LogP contribution in [-0.2, 0) is 23.9 Å². The van der Waals surface area contributed by atoms with Crippen molar-refractivity contribution in [2.75, 3.05) is 13.2 Å². The van der Waals surface area contributed by atoms with Crippen molar-refractivity contribution in [3.05, 3.63) is 60.7 Å². The molecule has 230 valence electrons. The standard InChI is InChI=1S/C33H38O10/c1-2-31(36)40-20-8-6-4-3-5-7-19-39-27-13-15-28(16-14-27)42-32(37)24-9-11-25(12-10-24)33(38)43-30-18-17-29(41-23-35)21-26(30)22-34/h2,13-18,21-25H,1,3-12,19-20H2. The first-order chi connectivity index (χ1) is 20.9.